The van der Waals surface area contributed by atoms with E-state index in [1.54, 1.807) is 31.5 Å². The van der Waals surface area contributed by atoms with Gasteiger partial charge in [-0.3, -0.25) is 4.98 Å². The van der Waals surface area contributed by atoms with Crippen molar-refractivity contribution >= 4 is 5.97 Å². The molecular weight excluding hydrogens is 204 g/mol. The zero-order valence-corrected chi connectivity index (χ0v) is 10.2. The Morgan fingerprint density at radius 2 is 2.00 bits per heavy atom. The molecule has 0 saturated carbocycles. The maximum Gasteiger partial charge on any atom is 0.331 e. The number of rotatable bonds is 2. The lowest BCUT2D eigenvalue weighted by Gasteiger charge is -2.28. The summed E-state index contributed by atoms with van der Waals surface area (Å²) in [6, 6.07) is 3.50. The molecule has 4 nitrogen and oxygen atoms in total. The Bertz CT molecular complexity index is 366. The van der Waals surface area contributed by atoms with Crippen LogP contribution in [0.2, 0.25) is 0 Å². The van der Waals surface area contributed by atoms with Gasteiger partial charge in [0, 0.05) is 18.0 Å². The Labute approximate surface area is 95.8 Å². The molecule has 1 aromatic rings. The van der Waals surface area contributed by atoms with Crippen molar-refractivity contribution in [3.8, 4) is 0 Å². The van der Waals surface area contributed by atoms with Gasteiger partial charge < -0.3 is 10.5 Å². The summed E-state index contributed by atoms with van der Waals surface area (Å²) in [7, 11) is 0. The van der Waals surface area contributed by atoms with Gasteiger partial charge in [0.05, 0.1) is 0 Å². The summed E-state index contributed by atoms with van der Waals surface area (Å²) in [6.45, 7) is 7.05. The molecule has 1 rings (SSSR count). The second-order valence-corrected chi connectivity index (χ2v) is 4.95. The lowest BCUT2D eigenvalue weighted by Crippen LogP contribution is -2.45. The van der Waals surface area contributed by atoms with Crippen LogP contribution in [0.25, 0.3) is 0 Å². The molecule has 0 aliphatic carbocycles. The third-order valence-corrected chi connectivity index (χ3v) is 2.08. The second kappa shape index (κ2) is 4.22. The average Bonchev–Trinajstić information content (AvgIpc) is 2.16. The molecule has 0 saturated heterocycles. The highest BCUT2D eigenvalue weighted by Crippen LogP contribution is 2.21. The van der Waals surface area contributed by atoms with Gasteiger partial charge in [0.2, 0.25) is 0 Å². The first-order valence-corrected chi connectivity index (χ1v) is 5.16. The van der Waals surface area contributed by atoms with Crippen molar-refractivity contribution < 1.29 is 9.53 Å². The number of aromatic nitrogens is 1. The van der Waals surface area contributed by atoms with E-state index in [0.717, 1.165) is 0 Å². The lowest BCUT2D eigenvalue weighted by atomic mass is 9.95. The van der Waals surface area contributed by atoms with Gasteiger partial charge in [-0.1, -0.05) is 6.07 Å². The van der Waals surface area contributed by atoms with Crippen molar-refractivity contribution in [1.82, 2.24) is 4.98 Å². The highest BCUT2D eigenvalue weighted by Gasteiger charge is 2.35. The molecule has 88 valence electrons. The Balaban J connectivity index is 2.90. The summed E-state index contributed by atoms with van der Waals surface area (Å²) in [6.07, 6.45) is 3.21. The van der Waals surface area contributed by atoms with E-state index in [9.17, 15) is 4.79 Å². The standard InChI is InChI=1S/C12H18N2O2/c1-11(2,3)16-10(15)12(4,13)9-6-5-7-14-8-9/h5-8H,13H2,1-4H3. The number of ether oxygens (including phenoxy) is 1. The van der Waals surface area contributed by atoms with Gasteiger partial charge in [-0.2, -0.15) is 0 Å². The van der Waals surface area contributed by atoms with Crippen molar-refractivity contribution in [1.29, 1.82) is 0 Å². The number of carbonyl (C=O) groups is 1. The van der Waals surface area contributed by atoms with Crippen molar-refractivity contribution in [3.63, 3.8) is 0 Å². The molecule has 0 amide bonds. The summed E-state index contributed by atoms with van der Waals surface area (Å²) in [5.74, 6) is -0.451. The van der Waals surface area contributed by atoms with E-state index in [0.29, 0.717) is 5.56 Å². The van der Waals surface area contributed by atoms with Crippen LogP contribution in [0.5, 0.6) is 0 Å². The van der Waals surface area contributed by atoms with Crippen LogP contribution >= 0.6 is 0 Å². The molecule has 4 heteroatoms. The van der Waals surface area contributed by atoms with Crippen LogP contribution in [0.4, 0.5) is 0 Å². The molecule has 2 N–H and O–H groups in total. The molecule has 0 aliphatic rings. The largest absolute Gasteiger partial charge is 0.458 e. The van der Waals surface area contributed by atoms with Gasteiger partial charge in [0.15, 0.2) is 0 Å². The molecule has 0 spiro atoms. The quantitative estimate of drug-likeness (QED) is 0.772. The van der Waals surface area contributed by atoms with E-state index < -0.39 is 17.1 Å². The number of pyridine rings is 1. The zero-order valence-electron chi connectivity index (χ0n) is 10.2. The predicted molar refractivity (Wildman–Crippen MR) is 61.6 cm³/mol. The van der Waals surface area contributed by atoms with Crippen molar-refractivity contribution in [3.05, 3.63) is 30.1 Å². The van der Waals surface area contributed by atoms with Crippen LogP contribution in [0.3, 0.4) is 0 Å². The Morgan fingerprint density at radius 1 is 1.38 bits per heavy atom. The van der Waals surface area contributed by atoms with Crippen molar-refractivity contribution in [2.45, 2.75) is 38.8 Å². The number of carbonyl (C=O) groups excluding carboxylic acids is 1. The first-order chi connectivity index (χ1) is 7.23. The number of nitrogens with two attached hydrogens (primary N) is 1. The molecule has 0 aliphatic heterocycles. The van der Waals surface area contributed by atoms with Gasteiger partial charge in [-0.05, 0) is 33.8 Å². The van der Waals surface area contributed by atoms with Crippen LogP contribution in [-0.4, -0.2) is 16.6 Å². The maximum atomic E-state index is 11.9. The fourth-order valence-corrected chi connectivity index (χ4v) is 1.17. The smallest absolute Gasteiger partial charge is 0.331 e. The maximum absolute atomic E-state index is 11.9. The summed E-state index contributed by atoms with van der Waals surface area (Å²) >= 11 is 0. The molecule has 0 aromatic carbocycles. The number of nitrogens with zero attached hydrogens (tertiary/aromatic N) is 1. The highest BCUT2D eigenvalue weighted by molar-refractivity contribution is 5.82. The molecule has 0 radical (unpaired) electrons. The van der Waals surface area contributed by atoms with Crippen LogP contribution < -0.4 is 5.73 Å². The fourth-order valence-electron chi connectivity index (χ4n) is 1.17. The summed E-state index contributed by atoms with van der Waals surface area (Å²) in [5, 5.41) is 0. The Kier molecular flexibility index (Phi) is 3.33. The normalized spacial score (nSPS) is 15.3. The highest BCUT2D eigenvalue weighted by atomic mass is 16.6. The molecule has 16 heavy (non-hydrogen) atoms. The van der Waals surface area contributed by atoms with Gasteiger partial charge >= 0.3 is 5.97 Å². The zero-order chi connectivity index (χ0) is 12.4. The minimum Gasteiger partial charge on any atom is -0.458 e. The predicted octanol–water partition coefficient (Wildman–Crippen LogP) is 1.60. The van der Waals surface area contributed by atoms with Gasteiger partial charge in [-0.15, -0.1) is 0 Å². The SMILES string of the molecule is CC(C)(C)OC(=O)C(C)(N)c1cccnc1. The Hall–Kier alpha value is -1.42. The van der Waals surface area contributed by atoms with E-state index in [4.69, 9.17) is 10.5 Å². The average molecular weight is 222 g/mol. The topological polar surface area (TPSA) is 65.2 Å². The van der Waals surface area contributed by atoms with Crippen LogP contribution in [0, 0.1) is 0 Å². The van der Waals surface area contributed by atoms with E-state index in [1.165, 1.54) is 0 Å². The Morgan fingerprint density at radius 3 is 2.44 bits per heavy atom. The lowest BCUT2D eigenvalue weighted by molar-refractivity contribution is -0.161. The third-order valence-electron chi connectivity index (χ3n) is 2.08. The molecule has 1 atom stereocenters. The second-order valence-electron chi connectivity index (χ2n) is 4.95. The van der Waals surface area contributed by atoms with Crippen LogP contribution in [0.1, 0.15) is 33.3 Å². The fraction of sp³-hybridized carbons (Fsp3) is 0.500. The minimum absolute atomic E-state index is 0.451. The van der Waals surface area contributed by atoms with Crippen LogP contribution in [0.15, 0.2) is 24.5 Å². The number of esters is 1. The first-order valence-electron chi connectivity index (χ1n) is 5.16. The van der Waals surface area contributed by atoms with Crippen molar-refractivity contribution in [2.75, 3.05) is 0 Å². The van der Waals surface area contributed by atoms with Crippen LogP contribution in [-0.2, 0) is 15.1 Å². The van der Waals surface area contributed by atoms with Crippen molar-refractivity contribution in [2.24, 2.45) is 5.73 Å². The van der Waals surface area contributed by atoms with Gasteiger partial charge in [0.1, 0.15) is 11.1 Å². The molecule has 1 aromatic heterocycles. The first kappa shape index (κ1) is 12.6. The van der Waals surface area contributed by atoms with E-state index >= 15 is 0 Å². The molecule has 1 heterocycles. The van der Waals surface area contributed by atoms with Gasteiger partial charge in [0.25, 0.3) is 0 Å². The molecular formula is C12H18N2O2. The van der Waals surface area contributed by atoms with E-state index in [1.807, 2.05) is 20.8 Å². The summed E-state index contributed by atoms with van der Waals surface area (Å²) < 4.78 is 5.27. The van der Waals surface area contributed by atoms with Gasteiger partial charge in [-0.25, -0.2) is 4.79 Å². The summed E-state index contributed by atoms with van der Waals surface area (Å²) in [5.41, 5.74) is 4.91. The summed E-state index contributed by atoms with van der Waals surface area (Å²) in [4.78, 5) is 15.8. The third kappa shape index (κ3) is 3.03. The monoisotopic (exact) mass is 222 g/mol. The van der Waals surface area contributed by atoms with E-state index in [2.05, 4.69) is 4.98 Å². The number of hydrogen-bond acceptors (Lipinski definition) is 4. The van der Waals surface area contributed by atoms with E-state index in [-0.39, 0.29) is 0 Å². The molecule has 0 bridgehead atoms. The number of hydrogen-bond donors (Lipinski definition) is 1. The minimum atomic E-state index is -1.17. The molecule has 0 fully saturated rings. The molecule has 1 unspecified atom stereocenters.